The molecule has 0 aromatic carbocycles. The van der Waals surface area contributed by atoms with Gasteiger partial charge in [0.1, 0.15) is 0 Å². The van der Waals surface area contributed by atoms with Crippen molar-refractivity contribution in [3.8, 4) is 5.88 Å². The molecule has 0 radical (unpaired) electrons. The monoisotopic (exact) mass is 263 g/mol. The van der Waals surface area contributed by atoms with Crippen LogP contribution in [0.5, 0.6) is 5.88 Å². The molecule has 0 amide bonds. The summed E-state index contributed by atoms with van der Waals surface area (Å²) in [7, 11) is 0. The van der Waals surface area contributed by atoms with Crippen LogP contribution in [-0.4, -0.2) is 29.7 Å². The average molecular weight is 263 g/mol. The van der Waals surface area contributed by atoms with Crippen molar-refractivity contribution in [3.05, 3.63) is 18.3 Å². The third-order valence-electron chi connectivity index (χ3n) is 3.32. The molecular weight excluding hydrogens is 238 g/mol. The fraction of sp³-hybridized carbons (Fsp3) is 0.667. The molecule has 0 aliphatic carbocycles. The Balaban J connectivity index is 1.93. The average Bonchev–Trinajstić information content (AvgIpc) is 2.83. The quantitative estimate of drug-likeness (QED) is 0.828. The molecule has 2 N–H and O–H groups in total. The molecule has 1 saturated heterocycles. The zero-order chi connectivity index (χ0) is 13.7. The SMILES string of the molecule is CC(CC1CCCN1)Nc1cccnc1OC(C)C. The van der Waals surface area contributed by atoms with Gasteiger partial charge in [-0.2, -0.15) is 0 Å². The third-order valence-corrected chi connectivity index (χ3v) is 3.32. The van der Waals surface area contributed by atoms with Gasteiger partial charge < -0.3 is 15.4 Å². The number of rotatable bonds is 6. The molecule has 2 heterocycles. The van der Waals surface area contributed by atoms with Crippen LogP contribution >= 0.6 is 0 Å². The molecule has 4 nitrogen and oxygen atoms in total. The van der Waals surface area contributed by atoms with E-state index in [1.807, 2.05) is 26.0 Å². The molecule has 2 unspecified atom stereocenters. The molecule has 1 aliphatic heterocycles. The Labute approximate surface area is 116 Å². The Morgan fingerprint density at radius 3 is 3.00 bits per heavy atom. The molecule has 0 spiro atoms. The van der Waals surface area contributed by atoms with E-state index in [0.717, 1.165) is 18.7 Å². The lowest BCUT2D eigenvalue weighted by atomic mass is 10.1. The van der Waals surface area contributed by atoms with Gasteiger partial charge in [-0.3, -0.25) is 0 Å². The van der Waals surface area contributed by atoms with Gasteiger partial charge in [-0.1, -0.05) is 0 Å². The van der Waals surface area contributed by atoms with Gasteiger partial charge in [0, 0.05) is 18.3 Å². The number of nitrogens with zero attached hydrogens (tertiary/aromatic N) is 1. The Hall–Kier alpha value is -1.29. The molecule has 0 bridgehead atoms. The van der Waals surface area contributed by atoms with Gasteiger partial charge in [0.15, 0.2) is 0 Å². The number of anilines is 1. The van der Waals surface area contributed by atoms with Crippen LogP contribution in [-0.2, 0) is 0 Å². The Bertz CT molecular complexity index is 389. The molecule has 1 aromatic heterocycles. The molecular formula is C15H25N3O. The minimum atomic E-state index is 0.141. The van der Waals surface area contributed by atoms with Crippen molar-refractivity contribution in [3.63, 3.8) is 0 Å². The zero-order valence-electron chi connectivity index (χ0n) is 12.1. The van der Waals surface area contributed by atoms with Gasteiger partial charge in [-0.25, -0.2) is 4.98 Å². The Kier molecular flexibility index (Phi) is 5.02. The second kappa shape index (κ2) is 6.75. The molecule has 2 rings (SSSR count). The minimum Gasteiger partial charge on any atom is -0.473 e. The zero-order valence-corrected chi connectivity index (χ0v) is 12.1. The predicted octanol–water partition coefficient (Wildman–Crippen LogP) is 2.81. The van der Waals surface area contributed by atoms with Crippen molar-refractivity contribution >= 4 is 5.69 Å². The predicted molar refractivity (Wildman–Crippen MR) is 78.7 cm³/mol. The van der Waals surface area contributed by atoms with Crippen LogP contribution in [0.1, 0.15) is 40.0 Å². The maximum absolute atomic E-state index is 5.73. The van der Waals surface area contributed by atoms with Crippen molar-refractivity contribution < 1.29 is 4.74 Å². The smallest absolute Gasteiger partial charge is 0.237 e. The topological polar surface area (TPSA) is 46.2 Å². The maximum Gasteiger partial charge on any atom is 0.237 e. The highest BCUT2D eigenvalue weighted by Gasteiger charge is 2.18. The number of pyridine rings is 1. The normalized spacial score (nSPS) is 20.5. The molecule has 19 heavy (non-hydrogen) atoms. The van der Waals surface area contributed by atoms with Crippen LogP contribution in [0.15, 0.2) is 18.3 Å². The van der Waals surface area contributed by atoms with E-state index in [-0.39, 0.29) is 6.10 Å². The van der Waals surface area contributed by atoms with E-state index in [9.17, 15) is 0 Å². The van der Waals surface area contributed by atoms with Crippen molar-refractivity contribution in [2.45, 2.75) is 58.2 Å². The summed E-state index contributed by atoms with van der Waals surface area (Å²) >= 11 is 0. The highest BCUT2D eigenvalue weighted by Crippen LogP contribution is 2.23. The third kappa shape index (κ3) is 4.39. The maximum atomic E-state index is 5.73. The molecule has 1 aromatic rings. The lowest BCUT2D eigenvalue weighted by molar-refractivity contribution is 0.234. The number of nitrogens with one attached hydrogen (secondary N) is 2. The van der Waals surface area contributed by atoms with E-state index in [0.29, 0.717) is 18.0 Å². The van der Waals surface area contributed by atoms with E-state index in [1.54, 1.807) is 6.20 Å². The number of hydrogen-bond donors (Lipinski definition) is 2. The summed E-state index contributed by atoms with van der Waals surface area (Å²) in [6.45, 7) is 7.41. The van der Waals surface area contributed by atoms with Crippen molar-refractivity contribution in [2.75, 3.05) is 11.9 Å². The summed E-state index contributed by atoms with van der Waals surface area (Å²) in [5, 5.41) is 7.05. The Morgan fingerprint density at radius 2 is 2.32 bits per heavy atom. The van der Waals surface area contributed by atoms with Gasteiger partial charge in [-0.15, -0.1) is 0 Å². The highest BCUT2D eigenvalue weighted by atomic mass is 16.5. The van der Waals surface area contributed by atoms with Crippen LogP contribution in [0, 0.1) is 0 Å². The summed E-state index contributed by atoms with van der Waals surface area (Å²) < 4.78 is 5.73. The van der Waals surface area contributed by atoms with Crippen LogP contribution in [0.3, 0.4) is 0 Å². The highest BCUT2D eigenvalue weighted by molar-refractivity contribution is 5.52. The largest absolute Gasteiger partial charge is 0.473 e. The van der Waals surface area contributed by atoms with Gasteiger partial charge in [-0.05, 0) is 58.7 Å². The van der Waals surface area contributed by atoms with Crippen molar-refractivity contribution in [2.24, 2.45) is 0 Å². The van der Waals surface area contributed by atoms with Crippen molar-refractivity contribution in [1.82, 2.24) is 10.3 Å². The first-order chi connectivity index (χ1) is 9.15. The van der Waals surface area contributed by atoms with E-state index in [4.69, 9.17) is 4.74 Å². The molecule has 0 saturated carbocycles. The molecule has 1 fully saturated rings. The van der Waals surface area contributed by atoms with Crippen LogP contribution in [0.2, 0.25) is 0 Å². The number of aromatic nitrogens is 1. The molecule has 2 atom stereocenters. The fourth-order valence-corrected chi connectivity index (χ4v) is 2.53. The number of ether oxygens (including phenoxy) is 1. The minimum absolute atomic E-state index is 0.141. The second-order valence-electron chi connectivity index (χ2n) is 5.60. The molecule has 106 valence electrons. The van der Waals surface area contributed by atoms with Gasteiger partial charge in [0.05, 0.1) is 11.8 Å². The van der Waals surface area contributed by atoms with Gasteiger partial charge in [0.25, 0.3) is 0 Å². The van der Waals surface area contributed by atoms with E-state index >= 15 is 0 Å². The van der Waals surface area contributed by atoms with Crippen molar-refractivity contribution in [1.29, 1.82) is 0 Å². The van der Waals surface area contributed by atoms with E-state index in [1.165, 1.54) is 12.8 Å². The lowest BCUT2D eigenvalue weighted by Gasteiger charge is -2.21. The Morgan fingerprint density at radius 1 is 1.47 bits per heavy atom. The first-order valence-corrected chi connectivity index (χ1v) is 7.26. The van der Waals surface area contributed by atoms with Gasteiger partial charge in [0.2, 0.25) is 5.88 Å². The number of hydrogen-bond acceptors (Lipinski definition) is 4. The summed E-state index contributed by atoms with van der Waals surface area (Å²) in [5.41, 5.74) is 0.988. The molecule has 1 aliphatic rings. The van der Waals surface area contributed by atoms with Crippen LogP contribution in [0.4, 0.5) is 5.69 Å². The van der Waals surface area contributed by atoms with Gasteiger partial charge >= 0.3 is 0 Å². The first-order valence-electron chi connectivity index (χ1n) is 7.26. The van der Waals surface area contributed by atoms with Crippen LogP contribution in [0.25, 0.3) is 0 Å². The molecule has 4 heteroatoms. The first kappa shape index (κ1) is 14.1. The fourth-order valence-electron chi connectivity index (χ4n) is 2.53. The summed E-state index contributed by atoms with van der Waals surface area (Å²) in [4.78, 5) is 4.30. The summed E-state index contributed by atoms with van der Waals surface area (Å²) in [5.74, 6) is 0.698. The van der Waals surface area contributed by atoms with E-state index in [2.05, 4.69) is 22.5 Å². The lowest BCUT2D eigenvalue weighted by Crippen LogP contribution is -2.29. The second-order valence-corrected chi connectivity index (χ2v) is 5.60. The van der Waals surface area contributed by atoms with E-state index < -0.39 is 0 Å². The summed E-state index contributed by atoms with van der Waals surface area (Å²) in [6.07, 6.45) is 5.63. The summed E-state index contributed by atoms with van der Waals surface area (Å²) in [6, 6.07) is 5.03. The van der Waals surface area contributed by atoms with Crippen LogP contribution < -0.4 is 15.4 Å². The standard InChI is InChI=1S/C15H25N3O/c1-11(2)19-15-14(7-5-9-17-15)18-12(3)10-13-6-4-8-16-13/h5,7,9,11-13,16,18H,4,6,8,10H2,1-3H3.